The fourth-order valence-corrected chi connectivity index (χ4v) is 7.31. The normalized spacial score (nSPS) is 13.7. The monoisotopic (exact) mass is 1100 g/mol. The van der Waals surface area contributed by atoms with E-state index in [0.717, 1.165) is 22.3 Å². The van der Waals surface area contributed by atoms with Gasteiger partial charge in [0.25, 0.3) is 0 Å². The summed E-state index contributed by atoms with van der Waals surface area (Å²) in [4.78, 5) is 46.8. The molecule has 0 fully saturated rings. The second-order valence-corrected chi connectivity index (χ2v) is 22.0. The van der Waals surface area contributed by atoms with E-state index in [-0.39, 0.29) is 105 Å². The van der Waals surface area contributed by atoms with Crippen LogP contribution in [0.15, 0.2) is 97.1 Å². The molecule has 0 spiro atoms. The molecular weight excluding hydrogens is 1020 g/mol. The molecule has 4 aromatic carbocycles. The molecule has 0 radical (unpaired) electrons. The molecule has 79 heavy (non-hydrogen) atoms. The number of hydrogen-bond donors (Lipinski definition) is 4. The van der Waals surface area contributed by atoms with Crippen LogP contribution in [0.2, 0.25) is 0 Å². The first-order chi connectivity index (χ1) is 37.1. The lowest BCUT2D eigenvalue weighted by Crippen LogP contribution is -2.35. The molecule has 0 aliphatic carbocycles. The van der Waals surface area contributed by atoms with Gasteiger partial charge in [-0.25, -0.2) is 0 Å². The van der Waals surface area contributed by atoms with Gasteiger partial charge < -0.3 is 63.1 Å². The standard InChI is InChI=1S/C33H48O9.C29H40O8/c1-21(2)31(36)40-20-29(42-32(37)22(3)4)19-39-28-15-11-25(12-16-28)33(7,8)24-9-13-27(14-10-24)38-18-26(34)17-30(35)41-23(5)6;1-19(2)28(33)36-18-24(31)17-35-26-13-9-22(10-14-26)29(5,6)21-7-11-25(12-8-21)34-16-23(30)15-27(32)37-20(3)4/h9-16,21-23,26,29,32,34,37H,17-20H2,1-8H3;7-14,19-20,23-24,30-31H,15-18H2,1-6H3. The van der Waals surface area contributed by atoms with Gasteiger partial charge >= 0.3 is 23.9 Å². The Bertz CT molecular complexity index is 2410. The quantitative estimate of drug-likeness (QED) is 0.0209. The highest BCUT2D eigenvalue weighted by atomic mass is 16.6. The molecule has 17 nitrogen and oxygen atoms in total. The molecule has 0 saturated carbocycles. The molecule has 0 aliphatic rings. The van der Waals surface area contributed by atoms with Crippen molar-refractivity contribution in [1.29, 1.82) is 0 Å². The first-order valence-electron chi connectivity index (χ1n) is 27.1. The largest absolute Gasteiger partial charge is 0.491 e. The van der Waals surface area contributed by atoms with E-state index in [1.165, 1.54) is 0 Å². The van der Waals surface area contributed by atoms with Crippen LogP contribution in [-0.4, -0.2) is 127 Å². The van der Waals surface area contributed by atoms with Crippen LogP contribution in [0.4, 0.5) is 0 Å². The highest BCUT2D eigenvalue weighted by Gasteiger charge is 2.26. The molecule has 0 amide bonds. The predicted octanol–water partition coefficient (Wildman–Crippen LogP) is 9.06. The maximum Gasteiger partial charge on any atom is 0.308 e. The number of benzene rings is 4. The first kappa shape index (κ1) is 67.0. The van der Waals surface area contributed by atoms with Gasteiger partial charge in [-0.3, -0.25) is 19.2 Å². The number of rotatable bonds is 31. The van der Waals surface area contributed by atoms with E-state index in [2.05, 4.69) is 27.7 Å². The van der Waals surface area contributed by atoms with Gasteiger partial charge in [0.15, 0.2) is 6.29 Å². The Hall–Kier alpha value is -6.24. The Morgan fingerprint density at radius 3 is 0.987 bits per heavy atom. The summed E-state index contributed by atoms with van der Waals surface area (Å²) in [7, 11) is 0. The number of carbonyl (C=O) groups is 4. The highest BCUT2D eigenvalue weighted by Crippen LogP contribution is 2.35. The van der Waals surface area contributed by atoms with E-state index in [4.69, 9.17) is 42.6 Å². The van der Waals surface area contributed by atoms with Crippen LogP contribution >= 0.6 is 0 Å². The SMILES string of the molecule is CC(C)OC(=O)CC(O)COc1ccc(C(C)(C)c2ccc(OCC(COC(=O)C(C)C)OC(O)C(C)C)cc2)cc1.CC(C)OC(=O)CC(O)COc1ccc(C(C)(C)c2ccc(OCC(O)COC(=O)C(C)C)cc2)cc1. The van der Waals surface area contributed by atoms with E-state index in [9.17, 15) is 39.6 Å². The molecule has 5 atom stereocenters. The molecule has 438 valence electrons. The van der Waals surface area contributed by atoms with Crippen LogP contribution in [-0.2, 0) is 53.7 Å². The number of aliphatic hydroxyl groups is 4. The summed E-state index contributed by atoms with van der Waals surface area (Å²) in [6.07, 6.45) is -5.13. The van der Waals surface area contributed by atoms with Gasteiger partial charge in [0.1, 0.15) is 74.8 Å². The zero-order valence-corrected chi connectivity index (χ0v) is 48.8. The Kier molecular flexibility index (Phi) is 27.8. The van der Waals surface area contributed by atoms with E-state index in [1.807, 2.05) is 111 Å². The number of hydrogen-bond acceptors (Lipinski definition) is 17. The third kappa shape index (κ3) is 24.3. The second-order valence-electron chi connectivity index (χ2n) is 22.0. The molecule has 4 rings (SSSR count). The van der Waals surface area contributed by atoms with Gasteiger partial charge in [-0.2, -0.15) is 0 Å². The van der Waals surface area contributed by atoms with Gasteiger partial charge in [0.05, 0.1) is 49.1 Å². The fraction of sp³-hybridized carbons (Fsp3) is 0.548. The fourth-order valence-electron chi connectivity index (χ4n) is 7.31. The van der Waals surface area contributed by atoms with Crippen LogP contribution in [0.5, 0.6) is 23.0 Å². The predicted molar refractivity (Wildman–Crippen MR) is 299 cm³/mol. The minimum atomic E-state index is -1.00. The Morgan fingerprint density at radius 2 is 0.696 bits per heavy atom. The smallest absolute Gasteiger partial charge is 0.308 e. The Labute approximate surface area is 467 Å². The minimum absolute atomic E-state index is 0.00769. The number of ether oxygens (including phenoxy) is 9. The molecule has 5 unspecified atom stereocenters. The zero-order valence-electron chi connectivity index (χ0n) is 48.8. The molecule has 4 aromatic rings. The van der Waals surface area contributed by atoms with Gasteiger partial charge in [-0.15, -0.1) is 0 Å². The van der Waals surface area contributed by atoms with Crippen LogP contribution in [0.25, 0.3) is 0 Å². The summed E-state index contributed by atoms with van der Waals surface area (Å²) >= 11 is 0. The average Bonchev–Trinajstić information content (AvgIpc) is 3.39. The molecule has 4 N–H and O–H groups in total. The van der Waals surface area contributed by atoms with Gasteiger partial charge in [-0.1, -0.05) is 118 Å². The van der Waals surface area contributed by atoms with Crippen molar-refractivity contribution in [1.82, 2.24) is 0 Å². The van der Waals surface area contributed by atoms with Crippen molar-refractivity contribution < 1.29 is 82.2 Å². The second kappa shape index (κ2) is 32.7. The molecule has 17 heteroatoms. The van der Waals surface area contributed by atoms with Crippen molar-refractivity contribution >= 4 is 23.9 Å². The van der Waals surface area contributed by atoms with Crippen molar-refractivity contribution in [2.24, 2.45) is 17.8 Å². The van der Waals surface area contributed by atoms with Gasteiger partial charge in [0, 0.05) is 16.7 Å². The molecule has 0 aromatic heterocycles. The van der Waals surface area contributed by atoms with E-state index in [1.54, 1.807) is 55.4 Å². The summed E-state index contributed by atoms with van der Waals surface area (Å²) in [6.45, 7) is 26.1. The summed E-state index contributed by atoms with van der Waals surface area (Å²) in [5.41, 5.74) is 3.64. The third-order valence-corrected chi connectivity index (χ3v) is 12.3. The van der Waals surface area contributed by atoms with Crippen molar-refractivity contribution in [3.63, 3.8) is 0 Å². The van der Waals surface area contributed by atoms with Crippen LogP contribution in [0.3, 0.4) is 0 Å². The van der Waals surface area contributed by atoms with Crippen LogP contribution in [0, 0.1) is 17.8 Å². The third-order valence-electron chi connectivity index (χ3n) is 12.3. The van der Waals surface area contributed by atoms with Crippen molar-refractivity contribution in [2.45, 2.75) is 164 Å². The van der Waals surface area contributed by atoms with E-state index < -0.39 is 42.6 Å². The van der Waals surface area contributed by atoms with Crippen molar-refractivity contribution in [2.75, 3.05) is 39.6 Å². The first-order valence-corrected chi connectivity index (χ1v) is 27.1. The van der Waals surface area contributed by atoms with Crippen LogP contribution < -0.4 is 18.9 Å². The highest BCUT2D eigenvalue weighted by molar-refractivity contribution is 5.72. The molecule has 0 saturated heterocycles. The number of esters is 4. The lowest BCUT2D eigenvalue weighted by Gasteiger charge is -2.27. The summed E-state index contributed by atoms with van der Waals surface area (Å²) in [6, 6.07) is 30.6. The maximum atomic E-state index is 11.9. The molecule has 0 aliphatic heterocycles. The summed E-state index contributed by atoms with van der Waals surface area (Å²) in [5, 5.41) is 40.3. The van der Waals surface area contributed by atoms with Crippen molar-refractivity contribution in [3.05, 3.63) is 119 Å². The molecule has 0 bridgehead atoms. The topological polar surface area (TPSA) is 232 Å². The van der Waals surface area contributed by atoms with Crippen LogP contribution in [0.1, 0.15) is 132 Å². The average molecular weight is 1110 g/mol. The summed E-state index contributed by atoms with van der Waals surface area (Å²) in [5.74, 6) is 0.177. The van der Waals surface area contributed by atoms with E-state index in [0.29, 0.717) is 23.0 Å². The van der Waals surface area contributed by atoms with Crippen molar-refractivity contribution in [3.8, 4) is 23.0 Å². The van der Waals surface area contributed by atoms with Gasteiger partial charge in [-0.05, 0) is 98.5 Å². The zero-order chi connectivity index (χ0) is 59.0. The molecular formula is C62H88O17. The lowest BCUT2D eigenvalue weighted by molar-refractivity contribution is -0.185. The summed E-state index contributed by atoms with van der Waals surface area (Å²) < 4.78 is 48.9. The molecule has 0 heterocycles. The Morgan fingerprint density at radius 1 is 0.405 bits per heavy atom. The lowest BCUT2D eigenvalue weighted by atomic mass is 9.78. The number of aliphatic hydroxyl groups excluding tert-OH is 4. The van der Waals surface area contributed by atoms with Gasteiger partial charge in [0.2, 0.25) is 0 Å². The van der Waals surface area contributed by atoms with E-state index >= 15 is 0 Å². The maximum absolute atomic E-state index is 11.9. The number of carbonyl (C=O) groups excluding carboxylic acids is 4. The minimum Gasteiger partial charge on any atom is -0.491 e. The Balaban J connectivity index is 0.000000419.